The van der Waals surface area contributed by atoms with Gasteiger partial charge in [0.15, 0.2) is 0 Å². The van der Waals surface area contributed by atoms with Crippen LogP contribution in [0.15, 0.2) is 0 Å². The predicted octanol–water partition coefficient (Wildman–Crippen LogP) is 2.91. The van der Waals surface area contributed by atoms with Crippen LogP contribution in [0.4, 0.5) is 0 Å². The van der Waals surface area contributed by atoms with E-state index in [2.05, 4.69) is 4.74 Å². The summed E-state index contributed by atoms with van der Waals surface area (Å²) in [6, 6.07) is 0. The van der Waals surface area contributed by atoms with Crippen LogP contribution in [0.5, 0.6) is 0 Å². The first kappa shape index (κ1) is 15.4. The molecule has 0 aromatic heterocycles. The highest BCUT2D eigenvalue weighted by molar-refractivity contribution is 5.75. The summed E-state index contributed by atoms with van der Waals surface area (Å²) >= 11 is 0. The molecule has 0 spiro atoms. The molecule has 0 saturated heterocycles. The van der Waals surface area contributed by atoms with E-state index < -0.39 is 0 Å². The van der Waals surface area contributed by atoms with Crippen LogP contribution in [-0.4, -0.2) is 24.3 Å². The number of rotatable bonds is 2. The standard InChI is InChI=1S/C7H14O2.C6H12O/c1-5-7(2,3)6(8)9-4;7-6-4-2-1-3-5-6/h5H2,1-4H3;6-7H,1-5H2. The molecule has 0 aromatic carbocycles. The first-order chi connectivity index (χ1) is 7.44. The van der Waals surface area contributed by atoms with Gasteiger partial charge in [0.2, 0.25) is 0 Å². The second-order valence-electron chi connectivity index (χ2n) is 5.02. The molecule has 0 bridgehead atoms. The van der Waals surface area contributed by atoms with Gasteiger partial charge >= 0.3 is 5.97 Å². The van der Waals surface area contributed by atoms with E-state index in [1.807, 2.05) is 20.8 Å². The average molecular weight is 230 g/mol. The molecule has 0 atom stereocenters. The minimum absolute atomic E-state index is 0.0359. The fraction of sp³-hybridized carbons (Fsp3) is 0.923. The third kappa shape index (κ3) is 6.11. The van der Waals surface area contributed by atoms with E-state index in [1.54, 1.807) is 0 Å². The topological polar surface area (TPSA) is 46.5 Å². The van der Waals surface area contributed by atoms with Gasteiger partial charge in [-0.1, -0.05) is 26.2 Å². The first-order valence-corrected chi connectivity index (χ1v) is 6.20. The Hall–Kier alpha value is -0.570. The molecule has 0 radical (unpaired) electrons. The first-order valence-electron chi connectivity index (χ1n) is 6.20. The summed E-state index contributed by atoms with van der Waals surface area (Å²) < 4.78 is 4.57. The Morgan fingerprint density at radius 2 is 1.81 bits per heavy atom. The second-order valence-corrected chi connectivity index (χ2v) is 5.02. The summed E-state index contributed by atoms with van der Waals surface area (Å²) in [4.78, 5) is 10.8. The van der Waals surface area contributed by atoms with Gasteiger partial charge in [0.05, 0.1) is 18.6 Å². The number of carbonyl (C=O) groups excluding carboxylic acids is 1. The molecule has 3 nitrogen and oxygen atoms in total. The van der Waals surface area contributed by atoms with Gasteiger partial charge in [0, 0.05) is 0 Å². The number of hydrogen-bond acceptors (Lipinski definition) is 3. The van der Waals surface area contributed by atoms with Gasteiger partial charge in [-0.3, -0.25) is 4.79 Å². The van der Waals surface area contributed by atoms with Gasteiger partial charge in [-0.15, -0.1) is 0 Å². The molecule has 0 aromatic rings. The fourth-order valence-corrected chi connectivity index (χ4v) is 1.50. The zero-order chi connectivity index (χ0) is 12.6. The SMILES string of the molecule is CCC(C)(C)C(=O)OC.OC1CCCCC1. The van der Waals surface area contributed by atoms with Crippen LogP contribution in [-0.2, 0) is 9.53 Å². The third-order valence-corrected chi connectivity index (χ3v) is 3.20. The van der Waals surface area contributed by atoms with Crippen molar-refractivity contribution in [1.29, 1.82) is 0 Å². The normalized spacial score (nSPS) is 17.3. The van der Waals surface area contributed by atoms with Gasteiger partial charge in [0.25, 0.3) is 0 Å². The highest BCUT2D eigenvalue weighted by Crippen LogP contribution is 2.20. The summed E-state index contributed by atoms with van der Waals surface area (Å²) in [6.07, 6.45) is 6.74. The number of esters is 1. The molecule has 0 amide bonds. The lowest BCUT2D eigenvalue weighted by atomic mass is 9.91. The van der Waals surface area contributed by atoms with Crippen molar-refractivity contribution in [1.82, 2.24) is 0 Å². The van der Waals surface area contributed by atoms with Crippen molar-refractivity contribution in [2.75, 3.05) is 7.11 Å². The quantitative estimate of drug-likeness (QED) is 0.742. The maximum Gasteiger partial charge on any atom is 0.311 e. The minimum atomic E-state index is -0.311. The van der Waals surface area contributed by atoms with E-state index in [0.717, 1.165) is 19.3 Å². The van der Waals surface area contributed by atoms with Crippen LogP contribution in [0.1, 0.15) is 59.3 Å². The fourth-order valence-electron chi connectivity index (χ4n) is 1.50. The highest BCUT2D eigenvalue weighted by atomic mass is 16.5. The Kier molecular flexibility index (Phi) is 7.39. The molecule has 1 fully saturated rings. The molecule has 0 aliphatic heterocycles. The summed E-state index contributed by atoms with van der Waals surface area (Å²) in [5, 5.41) is 8.91. The molecule has 1 N–H and O–H groups in total. The van der Waals surface area contributed by atoms with Crippen LogP contribution < -0.4 is 0 Å². The summed E-state index contributed by atoms with van der Waals surface area (Å²) in [5.41, 5.74) is -0.311. The molecule has 0 heterocycles. The molecule has 96 valence electrons. The molecule has 1 aliphatic rings. The molecule has 1 rings (SSSR count). The summed E-state index contributed by atoms with van der Waals surface area (Å²) in [5.74, 6) is -0.134. The van der Waals surface area contributed by atoms with Gasteiger partial charge in [0.1, 0.15) is 0 Å². The number of aliphatic hydroxyl groups is 1. The van der Waals surface area contributed by atoms with Crippen LogP contribution in [0, 0.1) is 5.41 Å². The zero-order valence-electron chi connectivity index (χ0n) is 11.1. The van der Waals surface area contributed by atoms with E-state index in [-0.39, 0.29) is 17.5 Å². The van der Waals surface area contributed by atoms with Crippen molar-refractivity contribution in [3.8, 4) is 0 Å². The number of methoxy groups -OCH3 is 1. The van der Waals surface area contributed by atoms with Crippen LogP contribution in [0.2, 0.25) is 0 Å². The lowest BCUT2D eigenvalue weighted by Gasteiger charge is -2.17. The maximum absolute atomic E-state index is 10.8. The highest BCUT2D eigenvalue weighted by Gasteiger charge is 2.25. The monoisotopic (exact) mass is 230 g/mol. The molecule has 1 saturated carbocycles. The largest absolute Gasteiger partial charge is 0.469 e. The maximum atomic E-state index is 10.8. The molecular weight excluding hydrogens is 204 g/mol. The van der Waals surface area contributed by atoms with Crippen LogP contribution in [0.3, 0.4) is 0 Å². The Morgan fingerprint density at radius 1 is 1.31 bits per heavy atom. The molecular formula is C13H26O3. The molecule has 3 heteroatoms. The van der Waals surface area contributed by atoms with Crippen molar-refractivity contribution in [2.24, 2.45) is 5.41 Å². The van der Waals surface area contributed by atoms with Crippen molar-refractivity contribution in [2.45, 2.75) is 65.4 Å². The number of aliphatic hydroxyl groups excluding tert-OH is 1. The minimum Gasteiger partial charge on any atom is -0.469 e. The number of hydrogen-bond donors (Lipinski definition) is 1. The van der Waals surface area contributed by atoms with E-state index in [1.165, 1.54) is 26.4 Å². The molecule has 0 unspecified atom stereocenters. The van der Waals surface area contributed by atoms with Crippen molar-refractivity contribution in [3.63, 3.8) is 0 Å². The van der Waals surface area contributed by atoms with Crippen molar-refractivity contribution in [3.05, 3.63) is 0 Å². The van der Waals surface area contributed by atoms with E-state index >= 15 is 0 Å². The number of ether oxygens (including phenoxy) is 1. The number of carbonyl (C=O) groups is 1. The van der Waals surface area contributed by atoms with E-state index in [9.17, 15) is 4.79 Å². The van der Waals surface area contributed by atoms with Crippen molar-refractivity contribution >= 4 is 5.97 Å². The van der Waals surface area contributed by atoms with Gasteiger partial charge in [-0.25, -0.2) is 0 Å². The Bertz CT molecular complexity index is 193. The molecule has 1 aliphatic carbocycles. The Morgan fingerprint density at radius 3 is 2.00 bits per heavy atom. The van der Waals surface area contributed by atoms with E-state index in [4.69, 9.17) is 5.11 Å². The van der Waals surface area contributed by atoms with Gasteiger partial charge < -0.3 is 9.84 Å². The van der Waals surface area contributed by atoms with E-state index in [0.29, 0.717) is 0 Å². The Labute approximate surface area is 99.2 Å². The van der Waals surface area contributed by atoms with Crippen molar-refractivity contribution < 1.29 is 14.6 Å². The average Bonchev–Trinajstić information content (AvgIpc) is 2.29. The molecule has 16 heavy (non-hydrogen) atoms. The predicted molar refractivity (Wildman–Crippen MR) is 65.2 cm³/mol. The second kappa shape index (κ2) is 7.66. The summed E-state index contributed by atoms with van der Waals surface area (Å²) in [7, 11) is 1.42. The Balaban J connectivity index is 0.000000288. The van der Waals surface area contributed by atoms with Gasteiger partial charge in [-0.2, -0.15) is 0 Å². The lowest BCUT2D eigenvalue weighted by Crippen LogP contribution is -2.24. The summed E-state index contributed by atoms with van der Waals surface area (Å²) in [6.45, 7) is 5.72. The van der Waals surface area contributed by atoms with Crippen LogP contribution in [0.25, 0.3) is 0 Å². The van der Waals surface area contributed by atoms with Gasteiger partial charge in [-0.05, 0) is 33.1 Å². The smallest absolute Gasteiger partial charge is 0.311 e. The third-order valence-electron chi connectivity index (χ3n) is 3.20. The lowest BCUT2D eigenvalue weighted by molar-refractivity contribution is -0.150. The zero-order valence-corrected chi connectivity index (χ0v) is 11.1. The van der Waals surface area contributed by atoms with Crippen LogP contribution >= 0.6 is 0 Å².